The van der Waals surface area contributed by atoms with Crippen molar-refractivity contribution in [2.24, 2.45) is 0 Å². The smallest absolute Gasteiger partial charge is 0.0131 e. The molecule has 0 aliphatic carbocycles. The molecule has 0 aliphatic rings. The van der Waals surface area contributed by atoms with Crippen LogP contribution in [0, 0.1) is 6.92 Å². The second-order valence-corrected chi connectivity index (χ2v) is 3.16. The molecule has 0 saturated carbocycles. The fourth-order valence-electron chi connectivity index (χ4n) is 1.25. The lowest BCUT2D eigenvalue weighted by Gasteiger charge is -2.00. The quantitative estimate of drug-likeness (QED) is 0.692. The maximum Gasteiger partial charge on any atom is 0.0131 e. The van der Waals surface area contributed by atoms with E-state index >= 15 is 0 Å². The zero-order valence-corrected chi connectivity index (χ0v) is 8.38. The van der Waals surface area contributed by atoms with E-state index in [1.807, 2.05) is 7.05 Å². The van der Waals surface area contributed by atoms with Crippen molar-refractivity contribution in [2.45, 2.75) is 13.3 Å². The maximum atomic E-state index is 3.08. The zero-order valence-electron chi connectivity index (χ0n) is 8.38. The molecular formula is C12H17N. The van der Waals surface area contributed by atoms with Gasteiger partial charge in [0.25, 0.3) is 0 Å². The fraction of sp³-hybridized carbons (Fsp3) is 0.333. The molecule has 0 fully saturated rings. The SMILES string of the molecule is CNC/C=C\Cc1ccccc1C. The largest absolute Gasteiger partial charge is 0.316 e. The Balaban J connectivity index is 2.49. The van der Waals surface area contributed by atoms with Crippen molar-refractivity contribution < 1.29 is 0 Å². The van der Waals surface area contributed by atoms with E-state index in [4.69, 9.17) is 0 Å². The first-order valence-electron chi connectivity index (χ1n) is 4.68. The molecule has 0 heterocycles. The van der Waals surface area contributed by atoms with Crippen LogP contribution in [-0.4, -0.2) is 13.6 Å². The van der Waals surface area contributed by atoms with E-state index in [0.29, 0.717) is 0 Å². The molecule has 0 unspecified atom stereocenters. The van der Waals surface area contributed by atoms with Crippen molar-refractivity contribution >= 4 is 0 Å². The number of allylic oxidation sites excluding steroid dienone is 1. The predicted molar refractivity (Wildman–Crippen MR) is 57.9 cm³/mol. The van der Waals surface area contributed by atoms with Gasteiger partial charge in [0.2, 0.25) is 0 Å². The normalized spacial score (nSPS) is 10.9. The molecule has 0 aliphatic heterocycles. The predicted octanol–water partition coefficient (Wildman–Crippen LogP) is 2.31. The highest BCUT2D eigenvalue weighted by atomic mass is 14.8. The summed E-state index contributed by atoms with van der Waals surface area (Å²) in [4.78, 5) is 0. The molecule has 0 saturated heterocycles. The molecule has 70 valence electrons. The van der Waals surface area contributed by atoms with E-state index in [0.717, 1.165) is 13.0 Å². The lowest BCUT2D eigenvalue weighted by Crippen LogP contribution is -2.03. The van der Waals surface area contributed by atoms with Crippen molar-refractivity contribution in [2.75, 3.05) is 13.6 Å². The van der Waals surface area contributed by atoms with Crippen LogP contribution < -0.4 is 5.32 Å². The van der Waals surface area contributed by atoms with E-state index < -0.39 is 0 Å². The summed E-state index contributed by atoms with van der Waals surface area (Å²) in [6.45, 7) is 3.10. The van der Waals surface area contributed by atoms with Gasteiger partial charge in [-0.3, -0.25) is 0 Å². The van der Waals surface area contributed by atoms with Crippen molar-refractivity contribution in [1.29, 1.82) is 0 Å². The van der Waals surface area contributed by atoms with E-state index in [9.17, 15) is 0 Å². The Morgan fingerprint density at radius 3 is 2.69 bits per heavy atom. The first-order chi connectivity index (χ1) is 6.34. The Bertz CT molecular complexity index is 276. The van der Waals surface area contributed by atoms with E-state index in [1.165, 1.54) is 11.1 Å². The van der Waals surface area contributed by atoms with E-state index in [1.54, 1.807) is 0 Å². The lowest BCUT2D eigenvalue weighted by atomic mass is 10.1. The Morgan fingerprint density at radius 2 is 2.00 bits per heavy atom. The van der Waals surface area contributed by atoms with Gasteiger partial charge in [-0.15, -0.1) is 0 Å². The average Bonchev–Trinajstić information content (AvgIpc) is 2.15. The molecule has 0 radical (unpaired) electrons. The number of hydrogen-bond donors (Lipinski definition) is 1. The minimum atomic E-state index is 0.950. The molecule has 0 amide bonds. The number of aryl methyl sites for hydroxylation is 1. The summed E-state index contributed by atoms with van der Waals surface area (Å²) in [5.74, 6) is 0. The van der Waals surface area contributed by atoms with Crippen molar-refractivity contribution in [1.82, 2.24) is 5.32 Å². The Morgan fingerprint density at radius 1 is 1.23 bits per heavy atom. The molecule has 1 rings (SSSR count). The number of benzene rings is 1. The molecule has 1 aromatic rings. The molecular weight excluding hydrogens is 158 g/mol. The molecule has 1 aromatic carbocycles. The Kier molecular flexibility index (Phi) is 4.27. The molecule has 13 heavy (non-hydrogen) atoms. The fourth-order valence-corrected chi connectivity index (χ4v) is 1.25. The number of rotatable bonds is 4. The standard InChI is InChI=1S/C12H17N/c1-11-7-3-4-8-12(11)9-5-6-10-13-2/h3-8,13H,9-10H2,1-2H3/b6-5-. The highest BCUT2D eigenvalue weighted by Gasteiger charge is 1.91. The minimum Gasteiger partial charge on any atom is -0.316 e. The monoisotopic (exact) mass is 175 g/mol. The van der Waals surface area contributed by atoms with Crippen LogP contribution in [0.1, 0.15) is 11.1 Å². The molecule has 0 bridgehead atoms. The van der Waals surface area contributed by atoms with Crippen molar-refractivity contribution in [3.63, 3.8) is 0 Å². The Labute approximate surface area is 80.5 Å². The first kappa shape index (κ1) is 10.0. The van der Waals surface area contributed by atoms with E-state index in [-0.39, 0.29) is 0 Å². The van der Waals surface area contributed by atoms with Gasteiger partial charge < -0.3 is 5.32 Å². The molecule has 0 aromatic heterocycles. The summed E-state index contributed by atoms with van der Waals surface area (Å²) in [6, 6.07) is 8.50. The third-order valence-corrected chi connectivity index (χ3v) is 2.09. The third kappa shape index (κ3) is 3.43. The number of likely N-dealkylation sites (N-methyl/N-ethyl adjacent to an activating group) is 1. The maximum absolute atomic E-state index is 3.08. The number of nitrogens with one attached hydrogen (secondary N) is 1. The molecule has 0 spiro atoms. The molecule has 1 nitrogen and oxygen atoms in total. The van der Waals surface area contributed by atoms with Crippen molar-refractivity contribution in [3.8, 4) is 0 Å². The Hall–Kier alpha value is -1.08. The first-order valence-corrected chi connectivity index (χ1v) is 4.68. The van der Waals surface area contributed by atoms with Crippen LogP contribution in [0.5, 0.6) is 0 Å². The van der Waals surface area contributed by atoms with Crippen LogP contribution in [0.2, 0.25) is 0 Å². The van der Waals surface area contributed by atoms with Crippen LogP contribution >= 0.6 is 0 Å². The van der Waals surface area contributed by atoms with Crippen LogP contribution in [0.15, 0.2) is 36.4 Å². The van der Waals surface area contributed by atoms with Gasteiger partial charge >= 0.3 is 0 Å². The molecule has 0 atom stereocenters. The average molecular weight is 175 g/mol. The van der Waals surface area contributed by atoms with Gasteiger partial charge in [-0.2, -0.15) is 0 Å². The van der Waals surface area contributed by atoms with Crippen LogP contribution in [0.3, 0.4) is 0 Å². The van der Waals surface area contributed by atoms with Gasteiger partial charge in [0.05, 0.1) is 0 Å². The topological polar surface area (TPSA) is 12.0 Å². The van der Waals surface area contributed by atoms with Crippen LogP contribution in [0.25, 0.3) is 0 Å². The second kappa shape index (κ2) is 5.55. The van der Waals surface area contributed by atoms with Gasteiger partial charge in [0.15, 0.2) is 0 Å². The minimum absolute atomic E-state index is 0.950. The molecule has 1 N–H and O–H groups in total. The summed E-state index contributed by atoms with van der Waals surface area (Å²) >= 11 is 0. The van der Waals surface area contributed by atoms with Gasteiger partial charge in [-0.1, -0.05) is 36.4 Å². The number of hydrogen-bond acceptors (Lipinski definition) is 1. The highest BCUT2D eigenvalue weighted by molar-refractivity contribution is 5.27. The summed E-state index contributed by atoms with van der Waals surface area (Å²) in [6.07, 6.45) is 5.40. The van der Waals surface area contributed by atoms with Gasteiger partial charge in [-0.25, -0.2) is 0 Å². The second-order valence-electron chi connectivity index (χ2n) is 3.16. The zero-order chi connectivity index (χ0) is 9.52. The van der Waals surface area contributed by atoms with E-state index in [2.05, 4.69) is 48.7 Å². The highest BCUT2D eigenvalue weighted by Crippen LogP contribution is 2.07. The summed E-state index contributed by atoms with van der Waals surface area (Å²) in [5, 5.41) is 3.08. The van der Waals surface area contributed by atoms with Gasteiger partial charge in [-0.05, 0) is 31.5 Å². The molecule has 1 heteroatoms. The van der Waals surface area contributed by atoms with Crippen LogP contribution in [0.4, 0.5) is 0 Å². The summed E-state index contributed by atoms with van der Waals surface area (Å²) in [7, 11) is 1.96. The summed E-state index contributed by atoms with van der Waals surface area (Å²) in [5.41, 5.74) is 2.78. The van der Waals surface area contributed by atoms with Gasteiger partial charge in [0.1, 0.15) is 0 Å². The van der Waals surface area contributed by atoms with Gasteiger partial charge in [0, 0.05) is 6.54 Å². The van der Waals surface area contributed by atoms with Crippen molar-refractivity contribution in [3.05, 3.63) is 47.5 Å². The van der Waals surface area contributed by atoms with Crippen LogP contribution in [-0.2, 0) is 6.42 Å². The summed E-state index contributed by atoms with van der Waals surface area (Å²) < 4.78 is 0. The lowest BCUT2D eigenvalue weighted by molar-refractivity contribution is 0.916. The third-order valence-electron chi connectivity index (χ3n) is 2.09.